The summed E-state index contributed by atoms with van der Waals surface area (Å²) in [7, 11) is 0. The quantitative estimate of drug-likeness (QED) is 0.789. The molecule has 108 valence electrons. The van der Waals surface area contributed by atoms with Gasteiger partial charge in [-0.25, -0.2) is 4.39 Å². The number of piperidine rings is 1. The number of carbonyl (C=O) groups excluding carboxylic acids is 1. The van der Waals surface area contributed by atoms with E-state index in [9.17, 15) is 9.18 Å². The third-order valence-electron chi connectivity index (χ3n) is 3.85. The molecule has 6 heteroatoms. The summed E-state index contributed by atoms with van der Waals surface area (Å²) >= 11 is 0. The van der Waals surface area contributed by atoms with Gasteiger partial charge in [-0.3, -0.25) is 4.79 Å². The highest BCUT2D eigenvalue weighted by Crippen LogP contribution is 2.31. The molecule has 3 rings (SSSR count). The molecule has 0 bridgehead atoms. The van der Waals surface area contributed by atoms with Crippen LogP contribution in [0.1, 0.15) is 23.2 Å². The van der Waals surface area contributed by atoms with Crippen LogP contribution in [-0.2, 0) is 9.47 Å². The normalized spacial score (nSPS) is 21.4. The van der Waals surface area contributed by atoms with Crippen LogP contribution in [0.4, 0.5) is 10.1 Å². The van der Waals surface area contributed by atoms with E-state index < -0.39 is 11.6 Å². The Labute approximate surface area is 116 Å². The number of halogens is 1. The van der Waals surface area contributed by atoms with E-state index >= 15 is 0 Å². The van der Waals surface area contributed by atoms with Crippen molar-refractivity contribution in [3.05, 3.63) is 29.6 Å². The van der Waals surface area contributed by atoms with E-state index in [1.54, 1.807) is 4.90 Å². The number of benzene rings is 1. The van der Waals surface area contributed by atoms with Crippen molar-refractivity contribution in [3.8, 4) is 0 Å². The minimum Gasteiger partial charge on any atom is -0.399 e. The number of likely N-dealkylation sites (tertiary alicyclic amines) is 1. The van der Waals surface area contributed by atoms with Gasteiger partial charge in [0.1, 0.15) is 5.82 Å². The van der Waals surface area contributed by atoms with Crippen molar-refractivity contribution in [1.82, 2.24) is 4.90 Å². The first-order chi connectivity index (χ1) is 9.60. The number of rotatable bonds is 1. The Bertz CT molecular complexity index is 519. The highest BCUT2D eigenvalue weighted by Gasteiger charge is 2.41. The van der Waals surface area contributed by atoms with Crippen molar-refractivity contribution in [2.24, 2.45) is 0 Å². The fourth-order valence-corrected chi connectivity index (χ4v) is 2.71. The molecular weight excluding hydrogens is 263 g/mol. The van der Waals surface area contributed by atoms with Crippen LogP contribution < -0.4 is 5.73 Å². The molecule has 0 unspecified atom stereocenters. The van der Waals surface area contributed by atoms with Crippen LogP contribution in [0.25, 0.3) is 0 Å². The van der Waals surface area contributed by atoms with E-state index in [0.717, 1.165) is 0 Å². The van der Waals surface area contributed by atoms with Gasteiger partial charge in [0.2, 0.25) is 0 Å². The summed E-state index contributed by atoms with van der Waals surface area (Å²) in [6, 6.07) is 4.13. The molecule has 0 saturated carbocycles. The van der Waals surface area contributed by atoms with Crippen molar-refractivity contribution in [3.63, 3.8) is 0 Å². The number of ether oxygens (including phenoxy) is 2. The van der Waals surface area contributed by atoms with Crippen molar-refractivity contribution in [2.45, 2.75) is 18.6 Å². The summed E-state index contributed by atoms with van der Waals surface area (Å²) in [5.41, 5.74) is 5.86. The lowest BCUT2D eigenvalue weighted by Gasteiger charge is -2.37. The minimum atomic E-state index is -0.580. The van der Waals surface area contributed by atoms with Gasteiger partial charge in [-0.2, -0.15) is 0 Å². The predicted molar refractivity (Wildman–Crippen MR) is 70.6 cm³/mol. The molecule has 0 atom stereocenters. The first kappa shape index (κ1) is 13.3. The lowest BCUT2D eigenvalue weighted by atomic mass is 10.0. The van der Waals surface area contributed by atoms with Gasteiger partial charge >= 0.3 is 0 Å². The van der Waals surface area contributed by atoms with Crippen LogP contribution in [0, 0.1) is 5.82 Å². The maximum atomic E-state index is 13.8. The molecule has 1 aromatic rings. The number of amides is 1. The van der Waals surface area contributed by atoms with Crippen LogP contribution >= 0.6 is 0 Å². The maximum absolute atomic E-state index is 13.8. The highest BCUT2D eigenvalue weighted by molar-refractivity contribution is 5.94. The average Bonchev–Trinajstić information content (AvgIpc) is 2.87. The van der Waals surface area contributed by atoms with Crippen molar-refractivity contribution >= 4 is 11.6 Å². The monoisotopic (exact) mass is 280 g/mol. The second-order valence-electron chi connectivity index (χ2n) is 5.14. The van der Waals surface area contributed by atoms with E-state index in [4.69, 9.17) is 15.2 Å². The summed E-state index contributed by atoms with van der Waals surface area (Å²) < 4.78 is 25.0. The zero-order valence-electron chi connectivity index (χ0n) is 11.1. The zero-order valence-corrected chi connectivity index (χ0v) is 11.1. The zero-order chi connectivity index (χ0) is 14.2. The number of nitrogen functional groups attached to an aromatic ring is 1. The molecule has 2 saturated heterocycles. The second-order valence-corrected chi connectivity index (χ2v) is 5.14. The number of nitrogens with two attached hydrogens (primary N) is 1. The number of hydrogen-bond acceptors (Lipinski definition) is 4. The van der Waals surface area contributed by atoms with Crippen LogP contribution in [0.2, 0.25) is 0 Å². The summed E-state index contributed by atoms with van der Waals surface area (Å²) in [5, 5.41) is 0. The lowest BCUT2D eigenvalue weighted by Crippen LogP contribution is -2.47. The lowest BCUT2D eigenvalue weighted by molar-refractivity contribution is -0.181. The van der Waals surface area contributed by atoms with Crippen LogP contribution in [0.15, 0.2) is 18.2 Å². The molecular formula is C14H17FN2O3. The average molecular weight is 280 g/mol. The third kappa shape index (κ3) is 2.36. The van der Waals surface area contributed by atoms with Gasteiger partial charge < -0.3 is 20.1 Å². The molecule has 0 aromatic heterocycles. The Kier molecular flexibility index (Phi) is 3.35. The van der Waals surface area contributed by atoms with Crippen LogP contribution in [0.5, 0.6) is 0 Å². The molecule has 1 amide bonds. The Hall–Kier alpha value is -1.66. The van der Waals surface area contributed by atoms with E-state index in [1.165, 1.54) is 18.2 Å². The van der Waals surface area contributed by atoms with Gasteiger partial charge in [-0.05, 0) is 18.2 Å². The van der Waals surface area contributed by atoms with Gasteiger partial charge in [-0.1, -0.05) is 0 Å². The van der Waals surface area contributed by atoms with Gasteiger partial charge in [0.15, 0.2) is 5.79 Å². The molecule has 2 aliphatic heterocycles. The smallest absolute Gasteiger partial charge is 0.256 e. The molecule has 2 fully saturated rings. The minimum absolute atomic E-state index is 0.0587. The van der Waals surface area contributed by atoms with Crippen molar-refractivity contribution in [1.29, 1.82) is 0 Å². The van der Waals surface area contributed by atoms with Gasteiger partial charge in [0.25, 0.3) is 5.91 Å². The van der Waals surface area contributed by atoms with Crippen LogP contribution in [-0.4, -0.2) is 42.9 Å². The van der Waals surface area contributed by atoms with Crippen molar-refractivity contribution in [2.75, 3.05) is 32.0 Å². The van der Waals surface area contributed by atoms with E-state index in [1.807, 2.05) is 0 Å². The molecule has 0 aliphatic carbocycles. The molecule has 2 N–H and O–H groups in total. The first-order valence-electron chi connectivity index (χ1n) is 6.72. The molecule has 1 spiro atoms. The predicted octanol–water partition coefficient (Wildman–Crippen LogP) is 1.39. The maximum Gasteiger partial charge on any atom is 0.256 e. The Morgan fingerprint density at radius 3 is 2.50 bits per heavy atom. The number of anilines is 1. The van der Waals surface area contributed by atoms with Gasteiger partial charge in [0.05, 0.1) is 18.8 Å². The largest absolute Gasteiger partial charge is 0.399 e. The molecule has 20 heavy (non-hydrogen) atoms. The number of carbonyl (C=O) groups is 1. The molecule has 0 radical (unpaired) electrons. The van der Waals surface area contributed by atoms with E-state index in [0.29, 0.717) is 44.8 Å². The topological polar surface area (TPSA) is 64.8 Å². The van der Waals surface area contributed by atoms with Gasteiger partial charge in [-0.15, -0.1) is 0 Å². The van der Waals surface area contributed by atoms with Crippen molar-refractivity contribution < 1.29 is 18.7 Å². The van der Waals surface area contributed by atoms with Gasteiger partial charge in [0, 0.05) is 31.6 Å². The Morgan fingerprint density at radius 1 is 1.25 bits per heavy atom. The van der Waals surface area contributed by atoms with E-state index in [2.05, 4.69) is 0 Å². The fourth-order valence-electron chi connectivity index (χ4n) is 2.71. The number of nitrogens with zero attached hydrogens (tertiary/aromatic N) is 1. The second kappa shape index (κ2) is 5.03. The Morgan fingerprint density at radius 2 is 1.90 bits per heavy atom. The fraction of sp³-hybridized carbons (Fsp3) is 0.500. The first-order valence-corrected chi connectivity index (χ1v) is 6.72. The molecule has 1 aromatic carbocycles. The molecule has 5 nitrogen and oxygen atoms in total. The summed E-state index contributed by atoms with van der Waals surface area (Å²) in [4.78, 5) is 13.9. The molecule has 2 aliphatic rings. The summed E-state index contributed by atoms with van der Waals surface area (Å²) in [6.07, 6.45) is 1.24. The summed E-state index contributed by atoms with van der Waals surface area (Å²) in [5.74, 6) is -1.42. The SMILES string of the molecule is Nc1ccc(C(=O)N2CCC3(CC2)OCCO3)c(F)c1. The highest BCUT2D eigenvalue weighted by atomic mass is 19.1. The van der Waals surface area contributed by atoms with E-state index in [-0.39, 0.29) is 11.5 Å². The summed E-state index contributed by atoms with van der Waals surface area (Å²) in [6.45, 7) is 2.20. The molecule has 2 heterocycles. The van der Waals surface area contributed by atoms with Crippen LogP contribution in [0.3, 0.4) is 0 Å². The Balaban J connectivity index is 1.69. The number of hydrogen-bond donors (Lipinski definition) is 1. The third-order valence-corrected chi connectivity index (χ3v) is 3.85. The standard InChI is InChI=1S/C14H17FN2O3/c15-12-9-10(16)1-2-11(12)13(18)17-5-3-14(4-6-17)19-7-8-20-14/h1-2,9H,3-8,16H2.